The Hall–Kier alpha value is -2.69. The normalized spacial score (nSPS) is 15.1. The van der Waals surface area contributed by atoms with Gasteiger partial charge in [0.2, 0.25) is 11.8 Å². The molecule has 0 heterocycles. The Morgan fingerprint density at radius 3 is 2.26 bits per heavy atom. The molecule has 0 atom stereocenters. The van der Waals surface area contributed by atoms with Crippen LogP contribution in [0.2, 0.25) is 0 Å². The first-order valence-electron chi connectivity index (χ1n) is 9.17. The molecule has 2 aromatic rings. The van der Waals surface area contributed by atoms with Gasteiger partial charge < -0.3 is 10.6 Å². The molecule has 2 amide bonds. The number of nitrogens with one attached hydrogen (secondary N) is 2. The van der Waals surface area contributed by atoms with Gasteiger partial charge in [-0.3, -0.25) is 9.59 Å². The Bertz CT molecular complexity index is 867. The highest BCUT2D eigenvalue weighted by Gasteiger charge is 2.56. The maximum absolute atomic E-state index is 13.7. The topological polar surface area (TPSA) is 58.2 Å². The molecule has 27 heavy (non-hydrogen) atoms. The Morgan fingerprint density at radius 1 is 1.00 bits per heavy atom. The lowest BCUT2D eigenvalue weighted by Gasteiger charge is -2.24. The van der Waals surface area contributed by atoms with E-state index in [1.807, 2.05) is 24.3 Å². The molecule has 3 rings (SSSR count). The molecule has 1 aliphatic carbocycles. The lowest BCUT2D eigenvalue weighted by atomic mass is 9.85. The van der Waals surface area contributed by atoms with E-state index in [9.17, 15) is 14.0 Å². The number of amides is 2. The number of benzene rings is 2. The van der Waals surface area contributed by atoms with Crippen LogP contribution in [-0.4, -0.2) is 11.8 Å². The highest BCUT2D eigenvalue weighted by atomic mass is 19.1. The molecule has 4 nitrogen and oxygen atoms in total. The van der Waals surface area contributed by atoms with Gasteiger partial charge in [-0.15, -0.1) is 0 Å². The summed E-state index contributed by atoms with van der Waals surface area (Å²) in [6.07, 6.45) is 0.999. The summed E-state index contributed by atoms with van der Waals surface area (Å²) in [4.78, 5) is 25.5. The van der Waals surface area contributed by atoms with E-state index in [2.05, 4.69) is 31.4 Å². The van der Waals surface area contributed by atoms with Crippen LogP contribution in [-0.2, 0) is 21.5 Å². The number of hydrogen-bond acceptors (Lipinski definition) is 2. The number of rotatable bonds is 5. The van der Waals surface area contributed by atoms with E-state index in [4.69, 9.17) is 0 Å². The van der Waals surface area contributed by atoms with E-state index in [0.717, 1.165) is 11.3 Å². The van der Waals surface area contributed by atoms with Crippen LogP contribution in [0.3, 0.4) is 0 Å². The van der Waals surface area contributed by atoms with Crippen LogP contribution >= 0.6 is 0 Å². The van der Waals surface area contributed by atoms with Crippen molar-refractivity contribution in [2.75, 3.05) is 5.32 Å². The lowest BCUT2D eigenvalue weighted by Crippen LogP contribution is -2.40. The van der Waals surface area contributed by atoms with Gasteiger partial charge >= 0.3 is 0 Å². The van der Waals surface area contributed by atoms with Crippen LogP contribution in [0.5, 0.6) is 0 Å². The Labute approximate surface area is 159 Å². The molecule has 2 N–H and O–H groups in total. The van der Waals surface area contributed by atoms with Gasteiger partial charge in [0.1, 0.15) is 11.2 Å². The standard InChI is InChI=1S/C22H25FN2O2/c1-21(2,3)16-9-5-7-11-18(16)25-20(27)22(12-13-22)19(26)24-14-15-8-4-6-10-17(15)23/h4-11H,12-14H2,1-3H3,(H,24,26)(H,25,27). The van der Waals surface area contributed by atoms with Crippen LogP contribution < -0.4 is 10.6 Å². The van der Waals surface area contributed by atoms with Crippen molar-refractivity contribution in [1.82, 2.24) is 5.32 Å². The summed E-state index contributed by atoms with van der Waals surface area (Å²) < 4.78 is 13.7. The summed E-state index contributed by atoms with van der Waals surface area (Å²) in [5.74, 6) is -1.02. The summed E-state index contributed by atoms with van der Waals surface area (Å²) >= 11 is 0. The molecule has 5 heteroatoms. The largest absolute Gasteiger partial charge is 0.351 e. The van der Waals surface area contributed by atoms with Crippen LogP contribution in [0.25, 0.3) is 0 Å². The van der Waals surface area contributed by atoms with Gasteiger partial charge in [0.05, 0.1) is 0 Å². The molecular formula is C22H25FN2O2. The van der Waals surface area contributed by atoms with E-state index in [0.29, 0.717) is 18.4 Å². The zero-order valence-electron chi connectivity index (χ0n) is 15.9. The second-order valence-corrected chi connectivity index (χ2v) is 8.11. The molecule has 2 aromatic carbocycles. The number of para-hydroxylation sites is 1. The highest BCUT2D eigenvalue weighted by molar-refractivity contribution is 6.13. The van der Waals surface area contributed by atoms with E-state index in [-0.39, 0.29) is 29.6 Å². The number of hydrogen-bond donors (Lipinski definition) is 2. The maximum Gasteiger partial charge on any atom is 0.240 e. The van der Waals surface area contributed by atoms with Crippen molar-refractivity contribution in [1.29, 1.82) is 0 Å². The van der Waals surface area contributed by atoms with E-state index in [1.54, 1.807) is 18.2 Å². The van der Waals surface area contributed by atoms with Crippen molar-refractivity contribution in [3.05, 3.63) is 65.5 Å². The summed E-state index contributed by atoms with van der Waals surface area (Å²) in [5, 5.41) is 5.65. The number of anilines is 1. The molecule has 0 spiro atoms. The smallest absolute Gasteiger partial charge is 0.240 e. The molecule has 0 aliphatic heterocycles. The number of carbonyl (C=O) groups is 2. The Morgan fingerprint density at radius 2 is 1.63 bits per heavy atom. The average Bonchev–Trinajstić information content (AvgIpc) is 3.42. The molecule has 0 aromatic heterocycles. The van der Waals surface area contributed by atoms with Crippen molar-refractivity contribution in [3.63, 3.8) is 0 Å². The number of halogens is 1. The van der Waals surface area contributed by atoms with Crippen molar-refractivity contribution in [2.45, 2.75) is 45.6 Å². The first kappa shape index (κ1) is 19.1. The fourth-order valence-corrected chi connectivity index (χ4v) is 3.16. The molecule has 142 valence electrons. The summed E-state index contributed by atoms with van der Waals surface area (Å²) in [6.45, 7) is 6.29. The lowest BCUT2D eigenvalue weighted by molar-refractivity contribution is -0.134. The summed E-state index contributed by atoms with van der Waals surface area (Å²) in [5.41, 5.74) is 0.952. The third-order valence-electron chi connectivity index (χ3n) is 5.00. The predicted molar refractivity (Wildman–Crippen MR) is 104 cm³/mol. The van der Waals surface area contributed by atoms with Crippen LogP contribution in [0.1, 0.15) is 44.7 Å². The Balaban J connectivity index is 1.70. The van der Waals surface area contributed by atoms with E-state index >= 15 is 0 Å². The molecule has 1 fully saturated rings. The summed E-state index contributed by atoms with van der Waals surface area (Å²) in [7, 11) is 0. The molecule has 1 saturated carbocycles. The van der Waals surface area contributed by atoms with Gasteiger partial charge in [-0.05, 0) is 36.0 Å². The number of carbonyl (C=O) groups excluding carboxylic acids is 2. The Kier molecular flexibility index (Phi) is 5.05. The van der Waals surface area contributed by atoms with Crippen molar-refractivity contribution in [3.8, 4) is 0 Å². The monoisotopic (exact) mass is 368 g/mol. The quantitative estimate of drug-likeness (QED) is 0.779. The second-order valence-electron chi connectivity index (χ2n) is 8.11. The van der Waals surface area contributed by atoms with Gasteiger partial charge in [-0.2, -0.15) is 0 Å². The SMILES string of the molecule is CC(C)(C)c1ccccc1NC(=O)C1(C(=O)NCc2ccccc2F)CC1. The summed E-state index contributed by atoms with van der Waals surface area (Å²) in [6, 6.07) is 13.9. The fraction of sp³-hybridized carbons (Fsp3) is 0.364. The highest BCUT2D eigenvalue weighted by Crippen LogP contribution is 2.47. The zero-order valence-corrected chi connectivity index (χ0v) is 15.9. The van der Waals surface area contributed by atoms with Crippen LogP contribution in [0.4, 0.5) is 10.1 Å². The second kappa shape index (κ2) is 7.14. The first-order chi connectivity index (χ1) is 12.7. The molecule has 0 bridgehead atoms. The predicted octanol–water partition coefficient (Wildman–Crippen LogP) is 4.16. The maximum atomic E-state index is 13.7. The molecular weight excluding hydrogens is 343 g/mol. The van der Waals surface area contributed by atoms with Gasteiger partial charge in [0.25, 0.3) is 0 Å². The van der Waals surface area contributed by atoms with Crippen LogP contribution in [0, 0.1) is 11.2 Å². The molecule has 1 aliphatic rings. The third-order valence-corrected chi connectivity index (χ3v) is 5.00. The minimum Gasteiger partial charge on any atom is -0.351 e. The van der Waals surface area contributed by atoms with Gasteiger partial charge in [-0.1, -0.05) is 57.2 Å². The van der Waals surface area contributed by atoms with Crippen molar-refractivity contribution >= 4 is 17.5 Å². The van der Waals surface area contributed by atoms with Gasteiger partial charge in [-0.25, -0.2) is 4.39 Å². The van der Waals surface area contributed by atoms with Crippen molar-refractivity contribution in [2.24, 2.45) is 5.41 Å². The minimum atomic E-state index is -1.06. The van der Waals surface area contributed by atoms with E-state index in [1.165, 1.54) is 6.07 Å². The fourth-order valence-electron chi connectivity index (χ4n) is 3.16. The first-order valence-corrected chi connectivity index (χ1v) is 9.17. The van der Waals surface area contributed by atoms with E-state index < -0.39 is 5.41 Å². The minimum absolute atomic E-state index is 0.0686. The average molecular weight is 368 g/mol. The van der Waals surface area contributed by atoms with Crippen molar-refractivity contribution < 1.29 is 14.0 Å². The molecule has 0 unspecified atom stereocenters. The zero-order chi connectivity index (χ0) is 19.7. The van der Waals surface area contributed by atoms with Gasteiger partial charge in [0.15, 0.2) is 0 Å². The van der Waals surface area contributed by atoms with Gasteiger partial charge in [0, 0.05) is 17.8 Å². The third kappa shape index (κ3) is 4.02. The molecule has 0 radical (unpaired) electrons. The molecule has 0 saturated heterocycles. The van der Waals surface area contributed by atoms with Crippen LogP contribution in [0.15, 0.2) is 48.5 Å².